The number of anilines is 1. The van der Waals surface area contributed by atoms with Gasteiger partial charge in [0.05, 0.1) is 24.2 Å². The van der Waals surface area contributed by atoms with Crippen LogP contribution in [0.2, 0.25) is 0 Å². The Morgan fingerprint density at radius 1 is 1.21 bits per heavy atom. The lowest BCUT2D eigenvalue weighted by molar-refractivity contribution is 0.0364. The SMILES string of the molecule is Cc1ccc2nc3n(CCN4CCOCC4)c(=O)cc(N)n3c2c1. The van der Waals surface area contributed by atoms with Crippen LogP contribution in [-0.4, -0.2) is 51.7 Å². The molecule has 1 aromatic carbocycles. The van der Waals surface area contributed by atoms with Crippen molar-refractivity contribution in [3.05, 3.63) is 40.2 Å². The second-order valence-corrected chi connectivity index (χ2v) is 6.25. The van der Waals surface area contributed by atoms with Crippen LogP contribution in [-0.2, 0) is 11.3 Å². The van der Waals surface area contributed by atoms with Gasteiger partial charge in [-0.2, -0.15) is 0 Å². The van der Waals surface area contributed by atoms with E-state index in [9.17, 15) is 4.79 Å². The van der Waals surface area contributed by atoms with E-state index < -0.39 is 0 Å². The predicted molar refractivity (Wildman–Crippen MR) is 93.4 cm³/mol. The highest BCUT2D eigenvalue weighted by Gasteiger charge is 2.15. The molecule has 0 atom stereocenters. The Morgan fingerprint density at radius 3 is 2.79 bits per heavy atom. The van der Waals surface area contributed by atoms with Gasteiger partial charge in [0, 0.05) is 32.2 Å². The van der Waals surface area contributed by atoms with Crippen molar-refractivity contribution in [1.82, 2.24) is 18.9 Å². The summed E-state index contributed by atoms with van der Waals surface area (Å²) in [5, 5.41) is 0. The van der Waals surface area contributed by atoms with Gasteiger partial charge < -0.3 is 10.5 Å². The number of aryl methyl sites for hydroxylation is 1. The maximum absolute atomic E-state index is 12.5. The molecular formula is C17H21N5O2. The van der Waals surface area contributed by atoms with Crippen molar-refractivity contribution in [3.63, 3.8) is 0 Å². The van der Waals surface area contributed by atoms with Gasteiger partial charge in [0.2, 0.25) is 5.78 Å². The van der Waals surface area contributed by atoms with Crippen LogP contribution in [0.25, 0.3) is 16.8 Å². The first-order valence-corrected chi connectivity index (χ1v) is 8.22. The van der Waals surface area contributed by atoms with Gasteiger partial charge in [0.15, 0.2) is 0 Å². The predicted octanol–water partition coefficient (Wildman–Crippen LogP) is 0.872. The molecule has 1 aliphatic rings. The monoisotopic (exact) mass is 327 g/mol. The zero-order valence-corrected chi connectivity index (χ0v) is 13.7. The molecule has 0 radical (unpaired) electrons. The number of nitrogens with two attached hydrogens (primary N) is 1. The van der Waals surface area contributed by atoms with E-state index in [0.29, 0.717) is 18.1 Å². The number of aromatic nitrogens is 3. The van der Waals surface area contributed by atoms with Gasteiger partial charge in [-0.1, -0.05) is 6.07 Å². The third-order valence-corrected chi connectivity index (χ3v) is 4.57. The number of morpholine rings is 1. The van der Waals surface area contributed by atoms with Gasteiger partial charge in [0.1, 0.15) is 5.82 Å². The van der Waals surface area contributed by atoms with Crippen molar-refractivity contribution in [2.24, 2.45) is 0 Å². The van der Waals surface area contributed by atoms with Crippen molar-refractivity contribution >= 4 is 22.6 Å². The van der Waals surface area contributed by atoms with Crippen LogP contribution in [0, 0.1) is 6.92 Å². The topological polar surface area (TPSA) is 77.8 Å². The Bertz CT molecular complexity index is 953. The number of nitrogen functional groups attached to an aromatic ring is 1. The van der Waals surface area contributed by atoms with Crippen LogP contribution >= 0.6 is 0 Å². The first kappa shape index (κ1) is 15.2. The van der Waals surface area contributed by atoms with Crippen LogP contribution in [0.3, 0.4) is 0 Å². The van der Waals surface area contributed by atoms with Gasteiger partial charge in [-0.25, -0.2) is 4.98 Å². The first-order valence-electron chi connectivity index (χ1n) is 8.22. The second kappa shape index (κ2) is 5.92. The van der Waals surface area contributed by atoms with Crippen molar-refractivity contribution in [3.8, 4) is 0 Å². The lowest BCUT2D eigenvalue weighted by atomic mass is 10.2. The van der Waals surface area contributed by atoms with E-state index in [2.05, 4.69) is 9.88 Å². The third-order valence-electron chi connectivity index (χ3n) is 4.57. The Kier molecular flexibility index (Phi) is 3.74. The molecule has 4 rings (SSSR count). The third kappa shape index (κ3) is 2.55. The molecule has 1 fully saturated rings. The van der Waals surface area contributed by atoms with Gasteiger partial charge in [-0.3, -0.25) is 18.7 Å². The zero-order valence-electron chi connectivity index (χ0n) is 13.7. The van der Waals surface area contributed by atoms with Crippen molar-refractivity contribution < 1.29 is 4.74 Å². The molecule has 0 unspecified atom stereocenters. The minimum atomic E-state index is -0.111. The average molecular weight is 327 g/mol. The summed E-state index contributed by atoms with van der Waals surface area (Å²) in [5.41, 5.74) is 8.91. The van der Waals surface area contributed by atoms with Crippen LogP contribution in [0.4, 0.5) is 5.82 Å². The number of ether oxygens (including phenoxy) is 1. The van der Waals surface area contributed by atoms with E-state index >= 15 is 0 Å². The zero-order chi connectivity index (χ0) is 16.7. The van der Waals surface area contributed by atoms with E-state index in [1.165, 1.54) is 6.07 Å². The fourth-order valence-electron chi connectivity index (χ4n) is 3.25. The molecule has 0 aliphatic carbocycles. The average Bonchev–Trinajstić information content (AvgIpc) is 2.94. The van der Waals surface area contributed by atoms with Crippen LogP contribution in [0.15, 0.2) is 29.1 Å². The quantitative estimate of drug-likeness (QED) is 0.772. The summed E-state index contributed by atoms with van der Waals surface area (Å²) in [7, 11) is 0. The molecule has 7 nitrogen and oxygen atoms in total. The highest BCUT2D eigenvalue weighted by atomic mass is 16.5. The van der Waals surface area contributed by atoms with Crippen molar-refractivity contribution in [1.29, 1.82) is 0 Å². The molecule has 0 saturated carbocycles. The molecule has 24 heavy (non-hydrogen) atoms. The largest absolute Gasteiger partial charge is 0.385 e. The molecule has 1 saturated heterocycles. The number of imidazole rings is 1. The molecule has 7 heteroatoms. The fraction of sp³-hybridized carbons (Fsp3) is 0.412. The molecule has 126 valence electrons. The lowest BCUT2D eigenvalue weighted by Crippen LogP contribution is -2.39. The molecule has 0 amide bonds. The van der Waals surface area contributed by atoms with Gasteiger partial charge in [-0.15, -0.1) is 0 Å². The van der Waals surface area contributed by atoms with Crippen LogP contribution in [0.1, 0.15) is 5.56 Å². The minimum absolute atomic E-state index is 0.111. The molecular weight excluding hydrogens is 306 g/mol. The summed E-state index contributed by atoms with van der Waals surface area (Å²) in [6.45, 7) is 6.71. The fourth-order valence-corrected chi connectivity index (χ4v) is 3.25. The Morgan fingerprint density at radius 2 is 2.00 bits per heavy atom. The standard InChI is InChI=1S/C17H21N5O2/c1-12-2-3-13-14(10-12)22-15(18)11-16(23)21(17(22)19-13)5-4-20-6-8-24-9-7-20/h2-3,10-11H,4-9,18H2,1H3. The van der Waals surface area contributed by atoms with Crippen molar-refractivity contribution in [2.75, 3.05) is 38.6 Å². The van der Waals surface area contributed by atoms with Gasteiger partial charge >= 0.3 is 0 Å². The molecule has 3 aromatic rings. The van der Waals surface area contributed by atoms with Gasteiger partial charge in [0.25, 0.3) is 5.56 Å². The summed E-state index contributed by atoms with van der Waals surface area (Å²) in [6, 6.07) is 7.51. The smallest absolute Gasteiger partial charge is 0.256 e. The Balaban J connectivity index is 1.79. The van der Waals surface area contributed by atoms with E-state index in [4.69, 9.17) is 10.5 Å². The summed E-state index contributed by atoms with van der Waals surface area (Å²) in [4.78, 5) is 19.4. The molecule has 2 aromatic heterocycles. The maximum Gasteiger partial charge on any atom is 0.256 e. The normalized spacial score (nSPS) is 16.2. The molecule has 3 heterocycles. The highest BCUT2D eigenvalue weighted by Crippen LogP contribution is 2.20. The van der Waals surface area contributed by atoms with E-state index in [1.54, 1.807) is 4.57 Å². The van der Waals surface area contributed by atoms with Crippen molar-refractivity contribution in [2.45, 2.75) is 13.5 Å². The molecule has 0 bridgehead atoms. The first-order chi connectivity index (χ1) is 11.6. The maximum atomic E-state index is 12.5. The van der Waals surface area contributed by atoms with Gasteiger partial charge in [-0.05, 0) is 24.6 Å². The van der Waals surface area contributed by atoms with Crippen LogP contribution < -0.4 is 11.3 Å². The summed E-state index contributed by atoms with van der Waals surface area (Å²) in [6.07, 6.45) is 0. The van der Waals surface area contributed by atoms with E-state index in [-0.39, 0.29) is 5.56 Å². The number of rotatable bonds is 3. The summed E-state index contributed by atoms with van der Waals surface area (Å²) < 4.78 is 8.94. The number of benzene rings is 1. The minimum Gasteiger partial charge on any atom is -0.385 e. The van der Waals surface area contributed by atoms with E-state index in [0.717, 1.165) is 49.4 Å². The number of nitrogens with zero attached hydrogens (tertiary/aromatic N) is 4. The molecule has 1 aliphatic heterocycles. The molecule has 0 spiro atoms. The number of fused-ring (bicyclic) bond motifs is 3. The number of hydrogen-bond donors (Lipinski definition) is 1. The highest BCUT2D eigenvalue weighted by molar-refractivity contribution is 5.81. The number of hydrogen-bond acceptors (Lipinski definition) is 5. The summed E-state index contributed by atoms with van der Waals surface area (Å²) >= 11 is 0. The lowest BCUT2D eigenvalue weighted by Gasteiger charge is -2.26. The summed E-state index contributed by atoms with van der Waals surface area (Å²) in [5.74, 6) is 1.03. The Hall–Kier alpha value is -2.38. The van der Waals surface area contributed by atoms with E-state index in [1.807, 2.05) is 29.5 Å². The Labute approximate surface area is 139 Å². The van der Waals surface area contributed by atoms with Crippen LogP contribution in [0.5, 0.6) is 0 Å². The second-order valence-electron chi connectivity index (χ2n) is 6.25. The molecule has 2 N–H and O–H groups in total.